The van der Waals surface area contributed by atoms with E-state index in [2.05, 4.69) is 20.6 Å². The number of aromatic nitrogens is 2. The molecule has 8 nitrogen and oxygen atoms in total. The Morgan fingerprint density at radius 2 is 1.83 bits per heavy atom. The van der Waals surface area contributed by atoms with Crippen LogP contribution in [-0.2, 0) is 4.79 Å². The van der Waals surface area contributed by atoms with E-state index in [0.29, 0.717) is 5.46 Å². The molecule has 0 unspecified atom stereocenters. The van der Waals surface area contributed by atoms with Crippen LogP contribution in [0.3, 0.4) is 0 Å². The lowest BCUT2D eigenvalue weighted by molar-refractivity contribution is -0.115. The van der Waals surface area contributed by atoms with Crippen molar-refractivity contribution in [3.05, 3.63) is 47.3 Å². The molecule has 0 aliphatic carbocycles. The van der Waals surface area contributed by atoms with Crippen LogP contribution in [0.1, 0.15) is 26.3 Å². The summed E-state index contributed by atoms with van der Waals surface area (Å²) in [5, 5.41) is 4.82. The Kier molecular flexibility index (Phi) is 5.25. The monoisotopic (exact) mass is 323 g/mol. The molecule has 1 heterocycles. The normalized spacial score (nSPS) is 10.0. The predicted octanol–water partition coefficient (Wildman–Crippen LogP) is -0.954. The number of hydrogen-bond donors (Lipinski definition) is 3. The Labute approximate surface area is 139 Å². The Balaban J connectivity index is 1.99. The molecule has 3 amide bonds. The number of hydrogen-bond acceptors (Lipinski definition) is 5. The van der Waals surface area contributed by atoms with Crippen LogP contribution in [0.5, 0.6) is 0 Å². The first-order valence-electron chi connectivity index (χ1n) is 6.93. The van der Waals surface area contributed by atoms with Crippen molar-refractivity contribution in [2.75, 3.05) is 11.9 Å². The lowest BCUT2D eigenvalue weighted by atomic mass is 9.91. The van der Waals surface area contributed by atoms with Gasteiger partial charge in [0.25, 0.3) is 5.91 Å². The van der Waals surface area contributed by atoms with Crippen LogP contribution in [0.25, 0.3) is 0 Å². The van der Waals surface area contributed by atoms with E-state index in [1.165, 1.54) is 18.2 Å². The maximum atomic E-state index is 12.1. The molecule has 0 aliphatic rings. The fourth-order valence-electron chi connectivity index (χ4n) is 1.85. The SMILES string of the molecule is [B]c1ccc(C(=O)NCC(=O)Nc2ncc(C)cn2)c(C(N)=O)c1. The highest BCUT2D eigenvalue weighted by atomic mass is 16.2. The van der Waals surface area contributed by atoms with Crippen LogP contribution in [0, 0.1) is 6.92 Å². The zero-order chi connectivity index (χ0) is 17.7. The van der Waals surface area contributed by atoms with E-state index in [-0.39, 0.29) is 23.6 Å². The van der Waals surface area contributed by atoms with Gasteiger partial charge in [0.2, 0.25) is 17.8 Å². The minimum Gasteiger partial charge on any atom is -0.366 e. The number of carbonyl (C=O) groups excluding carboxylic acids is 3. The molecule has 0 aliphatic heterocycles. The lowest BCUT2D eigenvalue weighted by Crippen LogP contribution is -2.34. The average Bonchev–Trinajstić information content (AvgIpc) is 2.54. The Morgan fingerprint density at radius 3 is 2.46 bits per heavy atom. The van der Waals surface area contributed by atoms with Crippen molar-refractivity contribution in [3.63, 3.8) is 0 Å². The number of anilines is 1. The molecule has 9 heteroatoms. The van der Waals surface area contributed by atoms with Crippen LogP contribution in [0.4, 0.5) is 5.95 Å². The summed E-state index contributed by atoms with van der Waals surface area (Å²) in [7, 11) is 5.57. The molecule has 1 aromatic carbocycles. The van der Waals surface area contributed by atoms with Crippen molar-refractivity contribution in [2.24, 2.45) is 5.73 Å². The highest BCUT2D eigenvalue weighted by Gasteiger charge is 2.16. The Bertz CT molecular complexity index is 792. The van der Waals surface area contributed by atoms with E-state index in [1.54, 1.807) is 12.4 Å². The van der Waals surface area contributed by atoms with Crippen LogP contribution in [-0.4, -0.2) is 42.1 Å². The molecule has 2 radical (unpaired) electrons. The zero-order valence-electron chi connectivity index (χ0n) is 12.9. The first kappa shape index (κ1) is 17.1. The van der Waals surface area contributed by atoms with Crippen LogP contribution in [0.15, 0.2) is 30.6 Å². The van der Waals surface area contributed by atoms with Gasteiger partial charge in [0.05, 0.1) is 17.7 Å². The van der Waals surface area contributed by atoms with E-state index in [9.17, 15) is 14.4 Å². The Morgan fingerprint density at radius 1 is 1.17 bits per heavy atom. The fraction of sp³-hybridized carbons (Fsp3) is 0.133. The predicted molar refractivity (Wildman–Crippen MR) is 88.1 cm³/mol. The molecule has 2 rings (SSSR count). The van der Waals surface area contributed by atoms with Gasteiger partial charge in [-0.2, -0.15) is 0 Å². The van der Waals surface area contributed by atoms with Gasteiger partial charge < -0.3 is 11.1 Å². The first-order valence-corrected chi connectivity index (χ1v) is 6.93. The largest absolute Gasteiger partial charge is 0.366 e. The van der Waals surface area contributed by atoms with E-state index >= 15 is 0 Å². The van der Waals surface area contributed by atoms with Crippen LogP contribution >= 0.6 is 0 Å². The Hall–Kier alpha value is -3.23. The molecule has 0 atom stereocenters. The van der Waals surface area contributed by atoms with Gasteiger partial charge in [-0.1, -0.05) is 17.6 Å². The summed E-state index contributed by atoms with van der Waals surface area (Å²) in [4.78, 5) is 43.1. The third-order valence-electron chi connectivity index (χ3n) is 3.00. The van der Waals surface area contributed by atoms with Crippen molar-refractivity contribution in [3.8, 4) is 0 Å². The van der Waals surface area contributed by atoms with Gasteiger partial charge in [0, 0.05) is 12.4 Å². The molecule has 0 fully saturated rings. The second kappa shape index (κ2) is 7.36. The minimum absolute atomic E-state index is 0.0187. The molecular weight excluding hydrogens is 309 g/mol. The van der Waals surface area contributed by atoms with Crippen LogP contribution < -0.4 is 21.8 Å². The number of benzene rings is 1. The van der Waals surface area contributed by atoms with Crippen molar-refractivity contribution >= 4 is 37.0 Å². The number of primary amides is 1. The summed E-state index contributed by atoms with van der Waals surface area (Å²) < 4.78 is 0. The third-order valence-corrected chi connectivity index (χ3v) is 3.00. The van der Waals surface area contributed by atoms with Crippen molar-refractivity contribution in [1.82, 2.24) is 15.3 Å². The maximum absolute atomic E-state index is 12.1. The molecule has 1 aromatic heterocycles. The molecule has 0 spiro atoms. The highest BCUT2D eigenvalue weighted by Crippen LogP contribution is 2.06. The fourth-order valence-corrected chi connectivity index (χ4v) is 1.85. The summed E-state index contributed by atoms with van der Waals surface area (Å²) >= 11 is 0. The average molecular weight is 323 g/mol. The van der Waals surface area contributed by atoms with Gasteiger partial charge in [-0.25, -0.2) is 9.97 Å². The lowest BCUT2D eigenvalue weighted by Gasteiger charge is -2.09. The summed E-state index contributed by atoms with van der Waals surface area (Å²) in [6, 6.07) is 4.13. The van der Waals surface area contributed by atoms with Gasteiger partial charge in [-0.15, -0.1) is 0 Å². The second-order valence-corrected chi connectivity index (χ2v) is 4.98. The van der Waals surface area contributed by atoms with Gasteiger partial charge in [-0.3, -0.25) is 19.7 Å². The molecule has 0 saturated heterocycles. The third kappa shape index (κ3) is 4.39. The molecular formula is C15H14BN5O3. The smallest absolute Gasteiger partial charge is 0.252 e. The number of rotatable bonds is 5. The molecule has 0 bridgehead atoms. The first-order chi connectivity index (χ1) is 11.4. The van der Waals surface area contributed by atoms with Crippen LogP contribution in [0.2, 0.25) is 0 Å². The second-order valence-electron chi connectivity index (χ2n) is 4.98. The number of nitrogens with zero attached hydrogens (tertiary/aromatic N) is 2. The molecule has 4 N–H and O–H groups in total. The summed E-state index contributed by atoms with van der Waals surface area (Å²) in [5.74, 6) is -1.79. The van der Waals surface area contributed by atoms with Gasteiger partial charge in [0.15, 0.2) is 0 Å². The van der Waals surface area contributed by atoms with E-state index in [0.717, 1.165) is 5.56 Å². The highest BCUT2D eigenvalue weighted by molar-refractivity contribution is 6.33. The van der Waals surface area contributed by atoms with E-state index in [1.807, 2.05) is 6.92 Å². The number of amides is 3. The summed E-state index contributed by atoms with van der Waals surface area (Å²) in [5.41, 5.74) is 6.39. The standard InChI is InChI=1S/C15H14BN5O3/c1-8-5-19-15(20-6-8)21-12(22)7-18-14(24)10-3-2-9(16)4-11(10)13(17)23/h2-6H,7H2,1H3,(H2,17,23)(H,18,24)(H,19,20,21,22). The number of aryl methyl sites for hydroxylation is 1. The zero-order valence-corrected chi connectivity index (χ0v) is 12.9. The summed E-state index contributed by atoms with van der Waals surface area (Å²) in [6.07, 6.45) is 3.10. The maximum Gasteiger partial charge on any atom is 0.252 e. The number of nitrogens with two attached hydrogens (primary N) is 1. The van der Waals surface area contributed by atoms with Gasteiger partial charge >= 0.3 is 0 Å². The molecule has 120 valence electrons. The van der Waals surface area contributed by atoms with E-state index in [4.69, 9.17) is 13.6 Å². The number of nitrogens with one attached hydrogen (secondary N) is 2. The van der Waals surface area contributed by atoms with Crippen molar-refractivity contribution in [1.29, 1.82) is 0 Å². The molecule has 2 aromatic rings. The van der Waals surface area contributed by atoms with Gasteiger partial charge in [0.1, 0.15) is 7.85 Å². The molecule has 24 heavy (non-hydrogen) atoms. The summed E-state index contributed by atoms with van der Waals surface area (Å²) in [6.45, 7) is 1.49. The van der Waals surface area contributed by atoms with Crippen molar-refractivity contribution in [2.45, 2.75) is 6.92 Å². The van der Waals surface area contributed by atoms with Crippen molar-refractivity contribution < 1.29 is 14.4 Å². The molecule has 0 saturated carbocycles. The van der Waals surface area contributed by atoms with E-state index < -0.39 is 17.7 Å². The topological polar surface area (TPSA) is 127 Å². The quantitative estimate of drug-likeness (QED) is 0.611. The minimum atomic E-state index is -0.787. The van der Waals surface area contributed by atoms with Gasteiger partial charge in [-0.05, 0) is 18.6 Å². The number of carbonyl (C=O) groups is 3.